The maximum Gasteiger partial charge on any atom is 0.119 e. The SMILES string of the molecule is CC(Oc1ccc(Cc2ccccc2)cc1)C1CCCCN1. The van der Waals surface area contributed by atoms with Crippen LogP contribution >= 0.6 is 0 Å². The van der Waals surface area contributed by atoms with Gasteiger partial charge in [-0.15, -0.1) is 0 Å². The third-order valence-corrected chi connectivity index (χ3v) is 4.41. The second-order valence-electron chi connectivity index (χ2n) is 6.19. The van der Waals surface area contributed by atoms with E-state index < -0.39 is 0 Å². The first-order chi connectivity index (χ1) is 10.8. The van der Waals surface area contributed by atoms with Crippen LogP contribution in [0.15, 0.2) is 54.6 Å². The van der Waals surface area contributed by atoms with Crippen LogP contribution in [0.2, 0.25) is 0 Å². The van der Waals surface area contributed by atoms with Crippen molar-refractivity contribution in [1.82, 2.24) is 5.32 Å². The number of hydrogen-bond donors (Lipinski definition) is 1. The van der Waals surface area contributed by atoms with Crippen molar-refractivity contribution >= 4 is 0 Å². The topological polar surface area (TPSA) is 21.3 Å². The minimum atomic E-state index is 0.222. The van der Waals surface area contributed by atoms with Crippen molar-refractivity contribution in [1.29, 1.82) is 0 Å². The van der Waals surface area contributed by atoms with E-state index >= 15 is 0 Å². The van der Waals surface area contributed by atoms with E-state index in [4.69, 9.17) is 4.74 Å². The molecule has 1 aliphatic rings. The summed E-state index contributed by atoms with van der Waals surface area (Å²) in [5, 5.41) is 3.56. The second kappa shape index (κ2) is 7.46. The van der Waals surface area contributed by atoms with Gasteiger partial charge in [-0.25, -0.2) is 0 Å². The highest BCUT2D eigenvalue weighted by Crippen LogP contribution is 2.19. The molecule has 0 saturated carbocycles. The van der Waals surface area contributed by atoms with Gasteiger partial charge in [-0.1, -0.05) is 48.9 Å². The van der Waals surface area contributed by atoms with Crippen LogP contribution < -0.4 is 10.1 Å². The summed E-state index contributed by atoms with van der Waals surface area (Å²) >= 11 is 0. The molecule has 2 aromatic rings. The van der Waals surface area contributed by atoms with Crippen molar-refractivity contribution in [3.05, 3.63) is 65.7 Å². The molecule has 2 unspecified atom stereocenters. The summed E-state index contributed by atoms with van der Waals surface area (Å²) < 4.78 is 6.10. The maximum atomic E-state index is 6.10. The van der Waals surface area contributed by atoms with E-state index in [2.05, 4.69) is 66.8 Å². The molecule has 0 aliphatic carbocycles. The summed E-state index contributed by atoms with van der Waals surface area (Å²) in [6, 6.07) is 19.6. The minimum absolute atomic E-state index is 0.222. The fourth-order valence-electron chi connectivity index (χ4n) is 3.09. The van der Waals surface area contributed by atoms with Gasteiger partial charge in [0.15, 0.2) is 0 Å². The van der Waals surface area contributed by atoms with Gasteiger partial charge in [0.2, 0.25) is 0 Å². The molecule has 1 aliphatic heterocycles. The van der Waals surface area contributed by atoms with Crippen LogP contribution in [-0.4, -0.2) is 18.7 Å². The molecule has 1 fully saturated rings. The molecule has 2 aromatic carbocycles. The molecule has 116 valence electrons. The van der Waals surface area contributed by atoms with Crippen LogP contribution in [0.1, 0.15) is 37.3 Å². The van der Waals surface area contributed by atoms with E-state index in [1.54, 1.807) is 0 Å². The van der Waals surface area contributed by atoms with Crippen molar-refractivity contribution in [2.45, 2.75) is 44.8 Å². The van der Waals surface area contributed by atoms with Gasteiger partial charge in [0, 0.05) is 6.04 Å². The Morgan fingerprint density at radius 1 is 1.00 bits per heavy atom. The number of hydrogen-bond acceptors (Lipinski definition) is 2. The molecule has 0 aromatic heterocycles. The van der Waals surface area contributed by atoms with Gasteiger partial charge in [0.1, 0.15) is 11.9 Å². The maximum absolute atomic E-state index is 6.10. The van der Waals surface area contributed by atoms with Gasteiger partial charge in [-0.05, 0) is 56.0 Å². The highest BCUT2D eigenvalue weighted by molar-refractivity contribution is 5.31. The zero-order valence-corrected chi connectivity index (χ0v) is 13.3. The van der Waals surface area contributed by atoms with Gasteiger partial charge >= 0.3 is 0 Å². The smallest absolute Gasteiger partial charge is 0.119 e. The highest BCUT2D eigenvalue weighted by atomic mass is 16.5. The molecule has 2 nitrogen and oxygen atoms in total. The van der Waals surface area contributed by atoms with E-state index in [1.807, 2.05) is 0 Å². The van der Waals surface area contributed by atoms with E-state index in [9.17, 15) is 0 Å². The Kier molecular flexibility index (Phi) is 5.12. The van der Waals surface area contributed by atoms with Gasteiger partial charge in [-0.3, -0.25) is 0 Å². The summed E-state index contributed by atoms with van der Waals surface area (Å²) in [6.07, 6.45) is 5.01. The molecule has 0 radical (unpaired) electrons. The number of rotatable bonds is 5. The molecular weight excluding hydrogens is 270 g/mol. The summed E-state index contributed by atoms with van der Waals surface area (Å²) in [5.74, 6) is 0.969. The quantitative estimate of drug-likeness (QED) is 0.893. The Balaban J connectivity index is 1.57. The zero-order chi connectivity index (χ0) is 15.2. The fourth-order valence-corrected chi connectivity index (χ4v) is 3.09. The van der Waals surface area contributed by atoms with Crippen LogP contribution in [0.4, 0.5) is 0 Å². The third kappa shape index (κ3) is 4.11. The Hall–Kier alpha value is -1.80. The first-order valence-corrected chi connectivity index (χ1v) is 8.34. The molecule has 0 bridgehead atoms. The Morgan fingerprint density at radius 2 is 1.73 bits per heavy atom. The lowest BCUT2D eigenvalue weighted by molar-refractivity contribution is 0.152. The first kappa shape index (κ1) is 15.1. The molecular formula is C20H25NO. The van der Waals surface area contributed by atoms with E-state index in [-0.39, 0.29) is 6.10 Å². The molecule has 2 heteroatoms. The van der Waals surface area contributed by atoms with Crippen molar-refractivity contribution in [2.24, 2.45) is 0 Å². The summed E-state index contributed by atoms with van der Waals surface area (Å²) in [4.78, 5) is 0. The van der Waals surface area contributed by atoms with Crippen LogP contribution in [0.5, 0.6) is 5.75 Å². The lowest BCUT2D eigenvalue weighted by Gasteiger charge is -2.29. The standard InChI is InChI=1S/C20H25NO/c1-16(20-9-5-6-14-21-20)22-19-12-10-18(11-13-19)15-17-7-3-2-4-8-17/h2-4,7-8,10-13,16,20-21H,5-6,9,14-15H2,1H3. The molecule has 0 spiro atoms. The van der Waals surface area contributed by atoms with Crippen molar-refractivity contribution in [3.63, 3.8) is 0 Å². The molecule has 3 rings (SSSR count). The third-order valence-electron chi connectivity index (χ3n) is 4.41. The normalized spacial score (nSPS) is 19.6. The van der Waals surface area contributed by atoms with E-state index in [1.165, 1.54) is 30.4 Å². The largest absolute Gasteiger partial charge is 0.489 e. The van der Waals surface area contributed by atoms with Crippen molar-refractivity contribution in [3.8, 4) is 5.75 Å². The van der Waals surface area contributed by atoms with Crippen LogP contribution in [0, 0.1) is 0 Å². The van der Waals surface area contributed by atoms with Crippen LogP contribution in [0.3, 0.4) is 0 Å². The van der Waals surface area contributed by atoms with E-state index in [0.29, 0.717) is 6.04 Å². The molecule has 1 heterocycles. The van der Waals surface area contributed by atoms with Crippen LogP contribution in [-0.2, 0) is 6.42 Å². The van der Waals surface area contributed by atoms with Gasteiger partial charge in [0.05, 0.1) is 0 Å². The predicted octanol–water partition coefficient (Wildman–Crippen LogP) is 4.19. The lowest BCUT2D eigenvalue weighted by Crippen LogP contribution is -2.44. The fraction of sp³-hybridized carbons (Fsp3) is 0.400. The average molecular weight is 295 g/mol. The Morgan fingerprint density at radius 3 is 2.41 bits per heavy atom. The summed E-state index contributed by atoms with van der Waals surface area (Å²) in [7, 11) is 0. The molecule has 22 heavy (non-hydrogen) atoms. The minimum Gasteiger partial charge on any atom is -0.489 e. The highest BCUT2D eigenvalue weighted by Gasteiger charge is 2.20. The first-order valence-electron chi connectivity index (χ1n) is 8.34. The van der Waals surface area contributed by atoms with Gasteiger partial charge < -0.3 is 10.1 Å². The molecule has 2 atom stereocenters. The van der Waals surface area contributed by atoms with Crippen molar-refractivity contribution < 1.29 is 4.74 Å². The number of benzene rings is 2. The van der Waals surface area contributed by atoms with Gasteiger partial charge in [0.25, 0.3) is 0 Å². The predicted molar refractivity (Wildman–Crippen MR) is 91.4 cm³/mol. The van der Waals surface area contributed by atoms with Crippen molar-refractivity contribution in [2.75, 3.05) is 6.54 Å². The Bertz CT molecular complexity index is 558. The average Bonchev–Trinajstić information content (AvgIpc) is 2.58. The lowest BCUT2D eigenvalue weighted by atomic mass is 10.0. The van der Waals surface area contributed by atoms with Crippen LogP contribution in [0.25, 0.3) is 0 Å². The number of ether oxygens (including phenoxy) is 1. The summed E-state index contributed by atoms with van der Waals surface area (Å²) in [5.41, 5.74) is 2.66. The van der Waals surface area contributed by atoms with Gasteiger partial charge in [-0.2, -0.15) is 0 Å². The molecule has 1 saturated heterocycles. The van der Waals surface area contributed by atoms with E-state index in [0.717, 1.165) is 18.7 Å². The summed E-state index contributed by atoms with van der Waals surface area (Å²) in [6.45, 7) is 3.29. The monoisotopic (exact) mass is 295 g/mol. The second-order valence-corrected chi connectivity index (χ2v) is 6.19. The molecule has 1 N–H and O–H groups in total. The number of nitrogens with one attached hydrogen (secondary N) is 1. The molecule has 0 amide bonds. The number of piperidine rings is 1. The zero-order valence-electron chi connectivity index (χ0n) is 13.3. The Labute approximate surface area is 133 Å².